The predicted octanol–water partition coefficient (Wildman–Crippen LogP) is 4.16. The lowest BCUT2D eigenvalue weighted by Gasteiger charge is -2.49. The molecule has 0 aliphatic heterocycles. The van der Waals surface area contributed by atoms with E-state index in [1.54, 1.807) is 7.11 Å². The molecule has 1 aromatic carbocycles. The van der Waals surface area contributed by atoms with E-state index >= 15 is 0 Å². The van der Waals surface area contributed by atoms with Crippen molar-refractivity contribution in [2.75, 3.05) is 26.8 Å². The second-order valence-electron chi connectivity index (χ2n) is 6.14. The molecule has 1 aliphatic carbocycles. The number of nitrogens with one attached hydrogen (secondary N) is 1. The van der Waals surface area contributed by atoms with Crippen molar-refractivity contribution in [3.05, 3.63) is 34.6 Å². The third-order valence-electron chi connectivity index (χ3n) is 4.50. The zero-order chi connectivity index (χ0) is 15.3. The molecule has 1 saturated carbocycles. The van der Waals surface area contributed by atoms with Crippen LogP contribution in [-0.2, 0) is 10.2 Å². The molecular formula is C17H25ClFNO. The Bertz CT molecular complexity index is 460. The Labute approximate surface area is 132 Å². The van der Waals surface area contributed by atoms with Crippen LogP contribution in [0.3, 0.4) is 0 Å². The highest BCUT2D eigenvalue weighted by Crippen LogP contribution is 2.51. The summed E-state index contributed by atoms with van der Waals surface area (Å²) in [5.41, 5.74) is 1.14. The van der Waals surface area contributed by atoms with Gasteiger partial charge in [0, 0.05) is 30.6 Å². The average molecular weight is 314 g/mol. The Balaban J connectivity index is 2.09. The van der Waals surface area contributed by atoms with Gasteiger partial charge in [-0.05, 0) is 36.5 Å². The first-order valence-electron chi connectivity index (χ1n) is 7.76. The Hall–Kier alpha value is -0.640. The molecule has 1 aromatic rings. The third-order valence-corrected chi connectivity index (χ3v) is 4.82. The second kappa shape index (κ2) is 7.57. The lowest BCUT2D eigenvalue weighted by molar-refractivity contribution is 0.123. The lowest BCUT2D eigenvalue weighted by Crippen LogP contribution is -2.49. The maximum Gasteiger partial charge on any atom is 0.124 e. The smallest absolute Gasteiger partial charge is 0.124 e. The fourth-order valence-electron chi connectivity index (χ4n) is 3.54. The van der Waals surface area contributed by atoms with E-state index in [1.807, 2.05) is 6.07 Å². The summed E-state index contributed by atoms with van der Waals surface area (Å²) in [5, 5.41) is 4.01. The molecule has 0 unspecified atom stereocenters. The van der Waals surface area contributed by atoms with Gasteiger partial charge in [0.2, 0.25) is 0 Å². The van der Waals surface area contributed by atoms with Crippen molar-refractivity contribution in [3.8, 4) is 0 Å². The minimum Gasteiger partial charge on any atom is -0.383 e. The molecule has 0 aromatic heterocycles. The normalized spacial score (nSPS) is 24.9. The fraction of sp³-hybridized carbons (Fsp3) is 0.647. The van der Waals surface area contributed by atoms with E-state index in [-0.39, 0.29) is 11.2 Å². The SMILES string of the molecule is CCCC1CC(CNCCOC)(c2ccc(F)cc2Cl)C1. The van der Waals surface area contributed by atoms with Crippen molar-refractivity contribution in [2.24, 2.45) is 5.92 Å². The minimum absolute atomic E-state index is 0.0539. The molecule has 0 saturated heterocycles. The van der Waals surface area contributed by atoms with Crippen LogP contribution in [0.5, 0.6) is 0 Å². The fourth-order valence-corrected chi connectivity index (χ4v) is 3.91. The van der Waals surface area contributed by atoms with Crippen LogP contribution in [0.2, 0.25) is 5.02 Å². The van der Waals surface area contributed by atoms with Gasteiger partial charge in [0.05, 0.1) is 6.61 Å². The van der Waals surface area contributed by atoms with Gasteiger partial charge in [-0.2, -0.15) is 0 Å². The van der Waals surface area contributed by atoms with E-state index in [2.05, 4.69) is 12.2 Å². The highest BCUT2D eigenvalue weighted by Gasteiger charge is 2.45. The van der Waals surface area contributed by atoms with Crippen molar-refractivity contribution in [2.45, 2.75) is 38.0 Å². The second-order valence-corrected chi connectivity index (χ2v) is 6.54. The Morgan fingerprint density at radius 3 is 2.81 bits per heavy atom. The number of benzene rings is 1. The first kappa shape index (κ1) is 16.7. The average Bonchev–Trinajstić information content (AvgIpc) is 2.41. The van der Waals surface area contributed by atoms with Gasteiger partial charge >= 0.3 is 0 Å². The standard InChI is InChI=1S/C17H25ClFNO/c1-3-4-13-10-17(11-13,12-20-7-8-21-2)15-6-5-14(19)9-16(15)18/h5-6,9,13,20H,3-4,7-8,10-12H2,1-2H3. The van der Waals surface area contributed by atoms with Crippen molar-refractivity contribution in [1.82, 2.24) is 5.32 Å². The van der Waals surface area contributed by atoms with Crippen molar-refractivity contribution < 1.29 is 9.13 Å². The number of hydrogen-bond donors (Lipinski definition) is 1. The Morgan fingerprint density at radius 2 is 2.19 bits per heavy atom. The van der Waals surface area contributed by atoms with Gasteiger partial charge in [0.15, 0.2) is 0 Å². The highest BCUT2D eigenvalue weighted by atomic mass is 35.5. The molecule has 1 N–H and O–H groups in total. The van der Waals surface area contributed by atoms with Crippen LogP contribution in [0.4, 0.5) is 4.39 Å². The molecule has 0 atom stereocenters. The predicted molar refractivity (Wildman–Crippen MR) is 85.5 cm³/mol. The molecule has 2 nitrogen and oxygen atoms in total. The van der Waals surface area contributed by atoms with Crippen LogP contribution in [0.15, 0.2) is 18.2 Å². The first-order chi connectivity index (χ1) is 10.1. The molecular weight excluding hydrogens is 289 g/mol. The van der Waals surface area contributed by atoms with E-state index in [1.165, 1.54) is 25.0 Å². The van der Waals surface area contributed by atoms with Crippen molar-refractivity contribution in [1.29, 1.82) is 0 Å². The zero-order valence-electron chi connectivity index (χ0n) is 12.9. The largest absolute Gasteiger partial charge is 0.383 e. The summed E-state index contributed by atoms with van der Waals surface area (Å²) in [6.45, 7) is 4.63. The van der Waals surface area contributed by atoms with Crippen molar-refractivity contribution >= 4 is 11.6 Å². The van der Waals surface area contributed by atoms with E-state index in [0.29, 0.717) is 11.6 Å². The van der Waals surface area contributed by atoms with E-state index in [4.69, 9.17) is 16.3 Å². The van der Waals surface area contributed by atoms with Crippen LogP contribution in [0.1, 0.15) is 38.2 Å². The van der Waals surface area contributed by atoms with Gasteiger partial charge in [0.1, 0.15) is 5.82 Å². The van der Waals surface area contributed by atoms with E-state index in [9.17, 15) is 4.39 Å². The molecule has 118 valence electrons. The topological polar surface area (TPSA) is 21.3 Å². The summed E-state index contributed by atoms with van der Waals surface area (Å²) in [4.78, 5) is 0. The third kappa shape index (κ3) is 3.97. The lowest BCUT2D eigenvalue weighted by atomic mass is 9.57. The van der Waals surface area contributed by atoms with Crippen LogP contribution in [0.25, 0.3) is 0 Å². The number of halogens is 2. The minimum atomic E-state index is -0.268. The Kier molecular flexibility index (Phi) is 6.03. The van der Waals surface area contributed by atoms with Gasteiger partial charge < -0.3 is 10.1 Å². The van der Waals surface area contributed by atoms with Crippen LogP contribution < -0.4 is 5.32 Å². The molecule has 0 amide bonds. The van der Waals surface area contributed by atoms with Gasteiger partial charge in [-0.15, -0.1) is 0 Å². The van der Waals surface area contributed by atoms with E-state index in [0.717, 1.165) is 37.4 Å². The summed E-state index contributed by atoms with van der Waals surface area (Å²) in [5.74, 6) is 0.496. The summed E-state index contributed by atoms with van der Waals surface area (Å²) in [6, 6.07) is 4.81. The molecule has 0 spiro atoms. The van der Waals surface area contributed by atoms with Crippen LogP contribution in [-0.4, -0.2) is 26.8 Å². The molecule has 1 aliphatic rings. The maximum atomic E-state index is 13.3. The molecule has 21 heavy (non-hydrogen) atoms. The summed E-state index contributed by atoms with van der Waals surface area (Å²) in [7, 11) is 1.70. The van der Waals surface area contributed by atoms with Crippen LogP contribution in [0, 0.1) is 11.7 Å². The van der Waals surface area contributed by atoms with Crippen molar-refractivity contribution in [3.63, 3.8) is 0 Å². The molecule has 0 heterocycles. The molecule has 4 heteroatoms. The molecule has 2 rings (SSSR count). The molecule has 0 radical (unpaired) electrons. The number of methoxy groups -OCH3 is 1. The maximum absolute atomic E-state index is 13.3. The quantitative estimate of drug-likeness (QED) is 0.728. The monoisotopic (exact) mass is 313 g/mol. The van der Waals surface area contributed by atoms with E-state index < -0.39 is 0 Å². The van der Waals surface area contributed by atoms with Crippen LogP contribution >= 0.6 is 11.6 Å². The first-order valence-corrected chi connectivity index (χ1v) is 8.14. The summed E-state index contributed by atoms with van der Waals surface area (Å²) >= 11 is 6.30. The summed E-state index contributed by atoms with van der Waals surface area (Å²) < 4.78 is 18.4. The number of rotatable bonds is 8. The Morgan fingerprint density at radius 1 is 1.43 bits per heavy atom. The number of hydrogen-bond acceptors (Lipinski definition) is 2. The summed E-state index contributed by atoms with van der Waals surface area (Å²) in [6.07, 6.45) is 4.74. The van der Waals surface area contributed by atoms with Gasteiger partial charge in [0.25, 0.3) is 0 Å². The highest BCUT2D eigenvalue weighted by molar-refractivity contribution is 6.31. The zero-order valence-corrected chi connectivity index (χ0v) is 13.7. The van der Waals surface area contributed by atoms with Gasteiger partial charge in [-0.3, -0.25) is 0 Å². The van der Waals surface area contributed by atoms with Gasteiger partial charge in [-0.25, -0.2) is 4.39 Å². The van der Waals surface area contributed by atoms with Gasteiger partial charge in [-0.1, -0.05) is 37.4 Å². The number of ether oxygens (including phenoxy) is 1. The molecule has 0 bridgehead atoms. The molecule has 1 fully saturated rings.